The van der Waals surface area contributed by atoms with E-state index in [0.717, 1.165) is 24.8 Å². The number of benzene rings is 3. The molecule has 0 aliphatic carbocycles. The molecule has 47 heavy (non-hydrogen) atoms. The van der Waals surface area contributed by atoms with Crippen LogP contribution >= 0.6 is 23.2 Å². The normalized spacial score (nSPS) is 15.5. The van der Waals surface area contributed by atoms with Gasteiger partial charge in [0.1, 0.15) is 17.5 Å². The van der Waals surface area contributed by atoms with Crippen molar-refractivity contribution in [2.75, 3.05) is 33.9 Å². The fraction of sp³-hybridized carbons (Fsp3) is 0.324. The van der Waals surface area contributed by atoms with Gasteiger partial charge < -0.3 is 25.4 Å². The maximum absolute atomic E-state index is 14.3. The van der Waals surface area contributed by atoms with E-state index in [2.05, 4.69) is 5.32 Å². The standard InChI is InChI=1S/C37H41Cl2N3O5/c1-46-33-15-13-26(20-30(33)38)18-28-23-42(24-29(36(28)44)19-27-14-16-34(47-2)31(39)21-27)37(45)32(22-25-10-6-5-7-11-25)41-35(43)12-8-3-4-9-17-40/h5-7,10-11,13-16,18-21,32H,3-4,8-9,12,17,22-24,40H2,1-2H3,(H,41,43)/b28-18+,29-19+. The summed E-state index contributed by atoms with van der Waals surface area (Å²) in [5, 5.41) is 3.79. The fourth-order valence-electron chi connectivity index (χ4n) is 5.46. The van der Waals surface area contributed by atoms with Crippen LogP contribution in [-0.2, 0) is 20.8 Å². The minimum absolute atomic E-state index is 0.0578. The second kappa shape index (κ2) is 17.7. The van der Waals surface area contributed by atoms with Gasteiger partial charge in [-0.05, 0) is 72.5 Å². The Hall–Kier alpha value is -4.11. The van der Waals surface area contributed by atoms with Crippen molar-refractivity contribution in [3.05, 3.63) is 105 Å². The van der Waals surface area contributed by atoms with E-state index in [1.807, 2.05) is 30.3 Å². The van der Waals surface area contributed by atoms with Gasteiger partial charge >= 0.3 is 0 Å². The van der Waals surface area contributed by atoms with Gasteiger partial charge in [-0.2, -0.15) is 0 Å². The molecule has 3 N–H and O–H groups in total. The third kappa shape index (κ3) is 10.2. The number of nitrogens with one attached hydrogen (secondary N) is 1. The van der Waals surface area contributed by atoms with Crippen LogP contribution in [0.15, 0.2) is 77.9 Å². The highest BCUT2D eigenvalue weighted by Crippen LogP contribution is 2.30. The first-order valence-corrected chi connectivity index (χ1v) is 16.4. The number of carbonyl (C=O) groups is 3. The minimum Gasteiger partial charge on any atom is -0.495 e. The zero-order chi connectivity index (χ0) is 33.8. The van der Waals surface area contributed by atoms with Gasteiger partial charge in [0.25, 0.3) is 0 Å². The lowest BCUT2D eigenvalue weighted by atomic mass is 9.93. The van der Waals surface area contributed by atoms with E-state index in [9.17, 15) is 14.4 Å². The Balaban J connectivity index is 1.67. The van der Waals surface area contributed by atoms with E-state index in [1.54, 1.807) is 53.5 Å². The molecule has 0 radical (unpaired) electrons. The van der Waals surface area contributed by atoms with Crippen LogP contribution in [0.25, 0.3) is 12.2 Å². The number of nitrogens with zero attached hydrogens (tertiary/aromatic N) is 1. The summed E-state index contributed by atoms with van der Waals surface area (Å²) in [5.41, 5.74) is 8.68. The summed E-state index contributed by atoms with van der Waals surface area (Å²) in [6.45, 7) is 0.743. The van der Waals surface area contributed by atoms with Crippen LogP contribution in [0.5, 0.6) is 11.5 Å². The summed E-state index contributed by atoms with van der Waals surface area (Å²) in [4.78, 5) is 42.9. The second-order valence-electron chi connectivity index (χ2n) is 11.4. The number of methoxy groups -OCH3 is 2. The molecule has 1 atom stereocenters. The van der Waals surface area contributed by atoms with Gasteiger partial charge in [0, 0.05) is 37.1 Å². The summed E-state index contributed by atoms with van der Waals surface area (Å²) < 4.78 is 10.6. The number of Topliss-reactive ketones (excluding diaryl/α,β-unsaturated/α-hetero) is 1. The highest BCUT2D eigenvalue weighted by Gasteiger charge is 2.33. The van der Waals surface area contributed by atoms with Crippen molar-refractivity contribution < 1.29 is 23.9 Å². The maximum Gasteiger partial charge on any atom is 0.246 e. The molecule has 1 unspecified atom stereocenters. The van der Waals surface area contributed by atoms with Crippen LogP contribution in [0, 0.1) is 0 Å². The van der Waals surface area contributed by atoms with E-state index >= 15 is 0 Å². The molecule has 8 nitrogen and oxygen atoms in total. The monoisotopic (exact) mass is 677 g/mol. The van der Waals surface area contributed by atoms with Gasteiger partial charge in [-0.1, -0.05) is 78.5 Å². The summed E-state index contributed by atoms with van der Waals surface area (Å²) in [5.74, 6) is 0.351. The average molecular weight is 679 g/mol. The molecule has 1 fully saturated rings. The Morgan fingerprint density at radius 2 is 1.40 bits per heavy atom. The lowest BCUT2D eigenvalue weighted by molar-refractivity contribution is -0.136. The number of ketones is 1. The van der Waals surface area contributed by atoms with Crippen molar-refractivity contribution in [2.24, 2.45) is 5.73 Å². The topological polar surface area (TPSA) is 111 Å². The smallest absolute Gasteiger partial charge is 0.246 e. The number of likely N-dealkylation sites (tertiary alicyclic amines) is 1. The highest BCUT2D eigenvalue weighted by molar-refractivity contribution is 6.32. The van der Waals surface area contributed by atoms with Crippen molar-refractivity contribution >= 4 is 53.0 Å². The molecule has 0 spiro atoms. The largest absolute Gasteiger partial charge is 0.495 e. The number of ether oxygens (including phenoxy) is 2. The number of carbonyl (C=O) groups excluding carboxylic acids is 3. The molecule has 0 saturated carbocycles. The Morgan fingerprint density at radius 3 is 1.91 bits per heavy atom. The van der Waals surface area contributed by atoms with Gasteiger partial charge in [0.2, 0.25) is 11.8 Å². The molecule has 4 rings (SSSR count). The number of hydrogen-bond donors (Lipinski definition) is 2. The summed E-state index contributed by atoms with van der Waals surface area (Å²) in [6, 6.07) is 19.2. The fourth-order valence-corrected chi connectivity index (χ4v) is 5.99. The van der Waals surface area contributed by atoms with Crippen LogP contribution in [0.3, 0.4) is 0 Å². The first-order chi connectivity index (χ1) is 22.7. The van der Waals surface area contributed by atoms with Crippen LogP contribution < -0.4 is 20.5 Å². The van der Waals surface area contributed by atoms with Gasteiger partial charge in [0.05, 0.1) is 24.3 Å². The predicted molar refractivity (Wildman–Crippen MR) is 188 cm³/mol. The van der Waals surface area contributed by atoms with Crippen molar-refractivity contribution in [3.8, 4) is 11.5 Å². The van der Waals surface area contributed by atoms with E-state index in [1.165, 1.54) is 14.2 Å². The van der Waals surface area contributed by atoms with Crippen molar-refractivity contribution in [3.63, 3.8) is 0 Å². The number of amides is 2. The summed E-state index contributed by atoms with van der Waals surface area (Å²) >= 11 is 12.8. The number of rotatable bonds is 14. The quantitative estimate of drug-likeness (QED) is 0.148. The summed E-state index contributed by atoms with van der Waals surface area (Å²) in [7, 11) is 3.06. The van der Waals surface area contributed by atoms with Crippen LogP contribution in [-0.4, -0.2) is 62.4 Å². The molecule has 3 aromatic carbocycles. The third-order valence-electron chi connectivity index (χ3n) is 7.92. The van der Waals surface area contributed by atoms with Crippen molar-refractivity contribution in [1.29, 1.82) is 0 Å². The average Bonchev–Trinajstić information content (AvgIpc) is 3.06. The molecule has 1 aliphatic rings. The van der Waals surface area contributed by atoms with Crippen molar-refractivity contribution in [1.82, 2.24) is 10.2 Å². The molecule has 248 valence electrons. The Bertz CT molecular complexity index is 1550. The predicted octanol–water partition coefficient (Wildman–Crippen LogP) is 6.53. The van der Waals surface area contributed by atoms with E-state index in [4.69, 9.17) is 38.4 Å². The minimum atomic E-state index is -0.824. The second-order valence-corrected chi connectivity index (χ2v) is 12.2. The van der Waals surface area contributed by atoms with E-state index in [0.29, 0.717) is 69.6 Å². The van der Waals surface area contributed by atoms with E-state index < -0.39 is 6.04 Å². The molecule has 1 saturated heterocycles. The van der Waals surface area contributed by atoms with Crippen molar-refractivity contribution in [2.45, 2.75) is 44.6 Å². The van der Waals surface area contributed by atoms with E-state index in [-0.39, 0.29) is 30.7 Å². The van der Waals surface area contributed by atoms with Crippen LogP contribution in [0.2, 0.25) is 10.0 Å². The number of piperidine rings is 1. The molecular weight excluding hydrogens is 637 g/mol. The molecule has 0 aromatic heterocycles. The number of halogens is 2. The molecule has 1 heterocycles. The maximum atomic E-state index is 14.3. The first kappa shape index (κ1) is 35.7. The zero-order valence-corrected chi connectivity index (χ0v) is 28.3. The molecular formula is C37H41Cl2N3O5. The lowest BCUT2D eigenvalue weighted by Crippen LogP contribution is -2.52. The molecule has 2 amide bonds. The first-order valence-electron chi connectivity index (χ1n) is 15.7. The highest BCUT2D eigenvalue weighted by atomic mass is 35.5. The Kier molecular flexibility index (Phi) is 13.5. The zero-order valence-electron chi connectivity index (χ0n) is 26.8. The summed E-state index contributed by atoms with van der Waals surface area (Å²) in [6.07, 6.45) is 7.57. The molecule has 3 aromatic rings. The molecule has 0 bridgehead atoms. The lowest BCUT2D eigenvalue weighted by Gasteiger charge is -2.33. The number of hydrogen-bond acceptors (Lipinski definition) is 6. The Labute approximate surface area is 286 Å². The van der Waals surface area contributed by atoms with Gasteiger partial charge in [-0.3, -0.25) is 14.4 Å². The van der Waals surface area contributed by atoms with Crippen LogP contribution in [0.1, 0.15) is 48.8 Å². The SMILES string of the molecule is COc1ccc(/C=C2\CN(C(=O)C(Cc3ccccc3)NC(=O)CCCCCCN)C/C(=C\c3ccc(OC)c(Cl)c3)C2=O)cc1Cl. The van der Waals surface area contributed by atoms with Gasteiger partial charge in [-0.25, -0.2) is 0 Å². The van der Waals surface area contributed by atoms with Gasteiger partial charge in [0.15, 0.2) is 5.78 Å². The van der Waals surface area contributed by atoms with Gasteiger partial charge in [-0.15, -0.1) is 0 Å². The third-order valence-corrected chi connectivity index (χ3v) is 8.52. The Morgan fingerprint density at radius 1 is 0.851 bits per heavy atom. The number of unbranched alkanes of at least 4 members (excludes halogenated alkanes) is 3. The number of nitrogens with two attached hydrogens (primary N) is 1. The molecule has 1 aliphatic heterocycles. The molecule has 10 heteroatoms. The van der Waals surface area contributed by atoms with Crippen LogP contribution in [0.4, 0.5) is 0 Å².